The molecule has 0 radical (unpaired) electrons. The first-order valence-corrected chi connectivity index (χ1v) is 8.28. The molecule has 3 aromatic heterocycles. The van der Waals surface area contributed by atoms with Crippen molar-refractivity contribution in [1.29, 1.82) is 0 Å². The fraction of sp³-hybridized carbons (Fsp3) is 0.500. The molecule has 0 saturated carbocycles. The molecule has 9 heteroatoms. The van der Waals surface area contributed by atoms with Gasteiger partial charge in [-0.05, 0) is 19.9 Å². The molecular formula is C16H21N7O2. The third-order valence-electron chi connectivity index (χ3n) is 4.59. The molecule has 1 aliphatic rings. The van der Waals surface area contributed by atoms with Crippen molar-refractivity contribution in [3.8, 4) is 11.4 Å². The Morgan fingerprint density at radius 2 is 2.24 bits per heavy atom. The summed E-state index contributed by atoms with van der Waals surface area (Å²) >= 11 is 0. The molecule has 25 heavy (non-hydrogen) atoms. The van der Waals surface area contributed by atoms with E-state index in [1.54, 1.807) is 10.9 Å². The molecule has 4 heterocycles. The Hall–Kier alpha value is -2.52. The molecule has 1 aliphatic heterocycles. The van der Waals surface area contributed by atoms with Crippen LogP contribution in [0, 0.1) is 13.8 Å². The Morgan fingerprint density at radius 3 is 2.96 bits per heavy atom. The van der Waals surface area contributed by atoms with Gasteiger partial charge in [0.1, 0.15) is 11.5 Å². The Labute approximate surface area is 144 Å². The second-order valence-electron chi connectivity index (χ2n) is 6.27. The zero-order valence-electron chi connectivity index (χ0n) is 14.6. The molecule has 1 atom stereocenters. The Bertz CT molecular complexity index is 860. The molecule has 0 spiro atoms. The van der Waals surface area contributed by atoms with E-state index in [1.165, 1.54) is 0 Å². The number of nitrogens with one attached hydrogen (secondary N) is 1. The fourth-order valence-corrected chi connectivity index (χ4v) is 3.11. The molecule has 0 aromatic carbocycles. The Morgan fingerprint density at radius 1 is 1.36 bits per heavy atom. The van der Waals surface area contributed by atoms with Crippen LogP contribution in [0.3, 0.4) is 0 Å². The van der Waals surface area contributed by atoms with Crippen molar-refractivity contribution >= 4 is 0 Å². The van der Waals surface area contributed by atoms with Gasteiger partial charge in [0.2, 0.25) is 0 Å². The molecule has 132 valence electrons. The van der Waals surface area contributed by atoms with Crippen LogP contribution in [-0.4, -0.2) is 42.6 Å². The van der Waals surface area contributed by atoms with Crippen LogP contribution in [-0.2, 0) is 31.5 Å². The van der Waals surface area contributed by atoms with E-state index >= 15 is 0 Å². The summed E-state index contributed by atoms with van der Waals surface area (Å²) in [5.41, 5.74) is 4.80. The Kier molecular flexibility index (Phi) is 4.10. The lowest BCUT2D eigenvalue weighted by Gasteiger charge is -2.24. The van der Waals surface area contributed by atoms with Crippen molar-refractivity contribution in [2.75, 3.05) is 6.54 Å². The number of aryl methyl sites for hydroxylation is 3. The summed E-state index contributed by atoms with van der Waals surface area (Å²) in [6.07, 6.45) is 1.81. The van der Waals surface area contributed by atoms with Gasteiger partial charge in [-0.15, -0.1) is 5.10 Å². The first-order valence-electron chi connectivity index (χ1n) is 8.28. The number of rotatable bonds is 5. The van der Waals surface area contributed by atoms with E-state index in [0.717, 1.165) is 40.6 Å². The SMILES string of the molecule is Cc1noc(C)c1CNCC1Cn2nnc(-c3ccnn3C)c2CO1. The quantitative estimate of drug-likeness (QED) is 0.737. The van der Waals surface area contributed by atoms with Gasteiger partial charge in [0.15, 0.2) is 0 Å². The maximum atomic E-state index is 5.99. The molecule has 0 bridgehead atoms. The van der Waals surface area contributed by atoms with Crippen molar-refractivity contribution in [3.63, 3.8) is 0 Å². The average Bonchev–Trinajstić information content (AvgIpc) is 3.28. The Balaban J connectivity index is 1.39. The van der Waals surface area contributed by atoms with Gasteiger partial charge in [-0.1, -0.05) is 10.4 Å². The summed E-state index contributed by atoms with van der Waals surface area (Å²) < 4.78 is 14.9. The third-order valence-corrected chi connectivity index (χ3v) is 4.59. The summed E-state index contributed by atoms with van der Waals surface area (Å²) in [5, 5.41) is 20.2. The number of nitrogens with zero attached hydrogens (tertiary/aromatic N) is 6. The summed E-state index contributed by atoms with van der Waals surface area (Å²) in [4.78, 5) is 0. The highest BCUT2D eigenvalue weighted by Crippen LogP contribution is 2.24. The van der Waals surface area contributed by atoms with Gasteiger partial charge in [0.05, 0.1) is 36.3 Å². The van der Waals surface area contributed by atoms with Crippen LogP contribution < -0.4 is 5.32 Å². The topological polar surface area (TPSA) is 95.8 Å². The van der Waals surface area contributed by atoms with Crippen molar-refractivity contribution in [1.82, 2.24) is 35.2 Å². The number of aromatic nitrogens is 6. The van der Waals surface area contributed by atoms with Crippen LogP contribution >= 0.6 is 0 Å². The maximum absolute atomic E-state index is 5.99. The highest BCUT2D eigenvalue weighted by Gasteiger charge is 2.25. The second kappa shape index (κ2) is 6.41. The fourth-order valence-electron chi connectivity index (χ4n) is 3.11. The van der Waals surface area contributed by atoms with Gasteiger partial charge in [-0.2, -0.15) is 5.10 Å². The van der Waals surface area contributed by atoms with Gasteiger partial charge >= 0.3 is 0 Å². The molecule has 3 aromatic rings. The smallest absolute Gasteiger partial charge is 0.138 e. The van der Waals surface area contributed by atoms with Gasteiger partial charge in [-0.3, -0.25) is 4.68 Å². The molecule has 9 nitrogen and oxygen atoms in total. The van der Waals surface area contributed by atoms with Gasteiger partial charge < -0.3 is 14.6 Å². The number of fused-ring (bicyclic) bond motifs is 1. The minimum Gasteiger partial charge on any atom is -0.369 e. The summed E-state index contributed by atoms with van der Waals surface area (Å²) in [6, 6.07) is 1.93. The van der Waals surface area contributed by atoms with E-state index in [0.29, 0.717) is 19.7 Å². The first kappa shape index (κ1) is 16.0. The van der Waals surface area contributed by atoms with Gasteiger partial charge in [0.25, 0.3) is 0 Å². The van der Waals surface area contributed by atoms with Crippen LogP contribution in [0.25, 0.3) is 11.4 Å². The molecule has 0 aliphatic carbocycles. The molecular weight excluding hydrogens is 322 g/mol. The van der Waals surface area contributed by atoms with Crippen molar-refractivity contribution in [3.05, 3.63) is 35.0 Å². The summed E-state index contributed by atoms with van der Waals surface area (Å²) in [7, 11) is 1.90. The molecule has 1 N–H and O–H groups in total. The predicted molar refractivity (Wildman–Crippen MR) is 88.5 cm³/mol. The average molecular weight is 343 g/mol. The highest BCUT2D eigenvalue weighted by atomic mass is 16.5. The zero-order valence-corrected chi connectivity index (χ0v) is 14.6. The molecule has 0 fully saturated rings. The maximum Gasteiger partial charge on any atom is 0.138 e. The minimum atomic E-state index is 0.0501. The first-order chi connectivity index (χ1) is 12.1. The van der Waals surface area contributed by atoms with Crippen LogP contribution in [0.4, 0.5) is 0 Å². The standard InChI is InChI=1S/C16H21N7O2/c1-10-13(11(2)25-20-10)7-17-6-12-8-23-15(9-24-12)16(19-21-23)14-4-5-18-22(14)3/h4-5,12,17H,6-9H2,1-3H3. The van der Waals surface area contributed by atoms with E-state index in [4.69, 9.17) is 9.26 Å². The van der Waals surface area contributed by atoms with E-state index in [-0.39, 0.29) is 6.10 Å². The van der Waals surface area contributed by atoms with Gasteiger partial charge in [-0.25, -0.2) is 4.68 Å². The van der Waals surface area contributed by atoms with Crippen LogP contribution in [0.5, 0.6) is 0 Å². The van der Waals surface area contributed by atoms with Crippen molar-refractivity contribution in [2.45, 2.75) is 39.6 Å². The normalized spacial score (nSPS) is 17.0. The van der Waals surface area contributed by atoms with Crippen LogP contribution in [0.2, 0.25) is 0 Å². The van der Waals surface area contributed by atoms with E-state index in [9.17, 15) is 0 Å². The largest absolute Gasteiger partial charge is 0.369 e. The molecule has 0 amide bonds. The summed E-state index contributed by atoms with van der Waals surface area (Å²) in [5.74, 6) is 0.856. The molecule has 0 saturated heterocycles. The minimum absolute atomic E-state index is 0.0501. The van der Waals surface area contributed by atoms with Crippen molar-refractivity contribution in [2.24, 2.45) is 7.05 Å². The van der Waals surface area contributed by atoms with Crippen molar-refractivity contribution < 1.29 is 9.26 Å². The third kappa shape index (κ3) is 2.96. The van der Waals surface area contributed by atoms with Crippen LogP contribution in [0.1, 0.15) is 22.7 Å². The van der Waals surface area contributed by atoms with E-state index < -0.39 is 0 Å². The molecule has 4 rings (SSSR count). The van der Waals surface area contributed by atoms with E-state index in [2.05, 4.69) is 25.9 Å². The highest BCUT2D eigenvalue weighted by molar-refractivity contribution is 5.56. The number of ether oxygens (including phenoxy) is 1. The van der Waals surface area contributed by atoms with Gasteiger partial charge in [0, 0.05) is 31.9 Å². The summed E-state index contributed by atoms with van der Waals surface area (Å²) in [6.45, 7) is 6.48. The molecule has 1 unspecified atom stereocenters. The zero-order chi connectivity index (χ0) is 17.4. The number of hydrogen-bond acceptors (Lipinski definition) is 7. The monoisotopic (exact) mass is 343 g/mol. The lowest BCUT2D eigenvalue weighted by molar-refractivity contribution is 0.00121. The lowest BCUT2D eigenvalue weighted by Crippen LogP contribution is -2.36. The second-order valence-corrected chi connectivity index (χ2v) is 6.27. The predicted octanol–water partition coefficient (Wildman–Crippen LogP) is 0.972. The lowest BCUT2D eigenvalue weighted by atomic mass is 10.2. The number of hydrogen-bond donors (Lipinski definition) is 1. The van der Waals surface area contributed by atoms with E-state index in [1.807, 2.05) is 31.6 Å². The van der Waals surface area contributed by atoms with Crippen LogP contribution in [0.15, 0.2) is 16.8 Å².